The summed E-state index contributed by atoms with van der Waals surface area (Å²) in [5, 5.41) is 2.71. The van der Waals surface area contributed by atoms with Crippen LogP contribution >= 0.6 is 0 Å². The molecule has 0 spiro atoms. The van der Waals surface area contributed by atoms with Crippen LogP contribution in [0.4, 0.5) is 10.5 Å². The monoisotopic (exact) mass is 234 g/mol. The van der Waals surface area contributed by atoms with E-state index in [0.29, 0.717) is 17.2 Å². The second-order valence-corrected chi connectivity index (χ2v) is 4.44. The molecule has 17 heavy (non-hydrogen) atoms. The van der Waals surface area contributed by atoms with Crippen LogP contribution < -0.4 is 5.32 Å². The first-order valence-electron chi connectivity index (χ1n) is 5.53. The molecule has 0 unspecified atom stereocenters. The number of carbonyl (C=O) groups is 2. The predicted molar refractivity (Wildman–Crippen MR) is 68.6 cm³/mol. The van der Waals surface area contributed by atoms with Crippen molar-refractivity contribution >= 4 is 18.0 Å². The van der Waals surface area contributed by atoms with Gasteiger partial charge in [0.1, 0.15) is 0 Å². The fraction of sp³-hybridized carbons (Fsp3) is 0.385. The van der Waals surface area contributed by atoms with Crippen molar-refractivity contribution in [1.82, 2.24) is 4.90 Å². The SMILES string of the molecule is CC(C)c1ccc(C=O)c(NC(=O)N(C)C)c1. The number of carbonyl (C=O) groups excluding carboxylic acids is 2. The molecule has 1 N–H and O–H groups in total. The quantitative estimate of drug-likeness (QED) is 0.817. The Bertz CT molecular complexity index is 425. The summed E-state index contributed by atoms with van der Waals surface area (Å²) in [5.74, 6) is 0.353. The van der Waals surface area contributed by atoms with Crippen molar-refractivity contribution in [2.45, 2.75) is 19.8 Å². The molecular formula is C13H18N2O2. The highest BCUT2D eigenvalue weighted by Crippen LogP contribution is 2.22. The van der Waals surface area contributed by atoms with Gasteiger partial charge in [-0.05, 0) is 23.6 Å². The first-order chi connectivity index (χ1) is 7.95. The molecule has 0 aliphatic rings. The standard InChI is InChI=1S/C13H18N2O2/c1-9(2)10-5-6-11(8-16)12(7-10)14-13(17)15(3)4/h5-9H,1-4H3,(H,14,17). The van der Waals surface area contributed by atoms with Gasteiger partial charge in [-0.2, -0.15) is 0 Å². The zero-order valence-electron chi connectivity index (χ0n) is 10.7. The molecule has 0 heterocycles. The van der Waals surface area contributed by atoms with Crippen LogP contribution in [0.2, 0.25) is 0 Å². The van der Waals surface area contributed by atoms with Crippen LogP contribution in [0.25, 0.3) is 0 Å². The van der Waals surface area contributed by atoms with E-state index in [0.717, 1.165) is 11.8 Å². The molecular weight excluding hydrogens is 216 g/mol. The minimum absolute atomic E-state index is 0.242. The number of benzene rings is 1. The second kappa shape index (κ2) is 5.48. The number of urea groups is 1. The van der Waals surface area contributed by atoms with E-state index in [-0.39, 0.29) is 6.03 Å². The lowest BCUT2D eigenvalue weighted by Crippen LogP contribution is -2.27. The Balaban J connectivity index is 3.06. The summed E-state index contributed by atoms with van der Waals surface area (Å²) in [7, 11) is 3.31. The summed E-state index contributed by atoms with van der Waals surface area (Å²) in [6.45, 7) is 4.13. The van der Waals surface area contributed by atoms with Crippen molar-refractivity contribution < 1.29 is 9.59 Å². The van der Waals surface area contributed by atoms with Gasteiger partial charge in [-0.3, -0.25) is 4.79 Å². The number of nitrogens with one attached hydrogen (secondary N) is 1. The summed E-state index contributed by atoms with van der Waals surface area (Å²) in [6, 6.07) is 5.23. The van der Waals surface area contributed by atoms with Gasteiger partial charge < -0.3 is 10.2 Å². The summed E-state index contributed by atoms with van der Waals surface area (Å²) < 4.78 is 0. The van der Waals surface area contributed by atoms with Crippen molar-refractivity contribution in [3.05, 3.63) is 29.3 Å². The molecule has 0 bridgehead atoms. The van der Waals surface area contributed by atoms with Crippen molar-refractivity contribution in [1.29, 1.82) is 0 Å². The van der Waals surface area contributed by atoms with Crippen LogP contribution in [0, 0.1) is 0 Å². The van der Waals surface area contributed by atoms with E-state index in [1.54, 1.807) is 20.2 Å². The number of rotatable bonds is 3. The lowest BCUT2D eigenvalue weighted by molar-refractivity contribution is 0.112. The molecule has 0 radical (unpaired) electrons. The zero-order valence-corrected chi connectivity index (χ0v) is 10.7. The molecule has 1 aromatic carbocycles. The largest absolute Gasteiger partial charge is 0.331 e. The smallest absolute Gasteiger partial charge is 0.321 e. The van der Waals surface area contributed by atoms with Crippen LogP contribution in [0.3, 0.4) is 0 Å². The maximum Gasteiger partial charge on any atom is 0.321 e. The predicted octanol–water partition coefficient (Wildman–Crippen LogP) is 2.72. The lowest BCUT2D eigenvalue weighted by Gasteiger charge is -2.15. The summed E-state index contributed by atoms with van der Waals surface area (Å²) in [6.07, 6.45) is 0.745. The molecule has 4 nitrogen and oxygen atoms in total. The molecule has 0 aromatic heterocycles. The molecule has 0 atom stereocenters. The van der Waals surface area contributed by atoms with Crippen LogP contribution in [-0.2, 0) is 0 Å². The van der Waals surface area contributed by atoms with E-state index in [9.17, 15) is 9.59 Å². The maximum atomic E-state index is 11.6. The molecule has 2 amide bonds. The second-order valence-electron chi connectivity index (χ2n) is 4.44. The first kappa shape index (κ1) is 13.2. The number of aldehydes is 1. The van der Waals surface area contributed by atoms with E-state index in [2.05, 4.69) is 19.2 Å². The highest BCUT2D eigenvalue weighted by Gasteiger charge is 2.10. The Hall–Kier alpha value is -1.84. The van der Waals surface area contributed by atoms with E-state index in [1.807, 2.05) is 12.1 Å². The molecule has 0 fully saturated rings. The average molecular weight is 234 g/mol. The van der Waals surface area contributed by atoms with Gasteiger partial charge >= 0.3 is 6.03 Å². The Morgan fingerprint density at radius 1 is 1.35 bits per heavy atom. The van der Waals surface area contributed by atoms with Gasteiger partial charge in [0.15, 0.2) is 6.29 Å². The Morgan fingerprint density at radius 3 is 2.47 bits per heavy atom. The van der Waals surface area contributed by atoms with E-state index < -0.39 is 0 Å². The normalized spacial score (nSPS) is 10.2. The van der Waals surface area contributed by atoms with Gasteiger partial charge in [-0.1, -0.05) is 19.9 Å². The van der Waals surface area contributed by atoms with E-state index in [4.69, 9.17) is 0 Å². The van der Waals surface area contributed by atoms with Gasteiger partial charge in [0.2, 0.25) is 0 Å². The first-order valence-corrected chi connectivity index (χ1v) is 5.53. The van der Waals surface area contributed by atoms with Gasteiger partial charge in [0, 0.05) is 19.7 Å². The summed E-state index contributed by atoms with van der Waals surface area (Å²) in [4.78, 5) is 23.9. The molecule has 92 valence electrons. The third-order valence-electron chi connectivity index (χ3n) is 2.52. The third kappa shape index (κ3) is 3.31. The molecule has 1 aromatic rings. The molecule has 1 rings (SSSR count). The van der Waals surface area contributed by atoms with Crippen molar-refractivity contribution in [3.8, 4) is 0 Å². The highest BCUT2D eigenvalue weighted by molar-refractivity contribution is 5.95. The number of amides is 2. The highest BCUT2D eigenvalue weighted by atomic mass is 16.2. The fourth-order valence-corrected chi connectivity index (χ4v) is 1.37. The summed E-state index contributed by atoms with van der Waals surface area (Å²) in [5.41, 5.74) is 2.14. The number of hydrogen-bond acceptors (Lipinski definition) is 2. The number of nitrogens with zero attached hydrogens (tertiary/aromatic N) is 1. The Morgan fingerprint density at radius 2 is 2.00 bits per heavy atom. The zero-order chi connectivity index (χ0) is 13.0. The van der Waals surface area contributed by atoms with Crippen LogP contribution in [0.1, 0.15) is 35.7 Å². The number of hydrogen-bond donors (Lipinski definition) is 1. The Labute approximate surface area is 102 Å². The van der Waals surface area contributed by atoms with E-state index >= 15 is 0 Å². The number of anilines is 1. The minimum Gasteiger partial charge on any atom is -0.331 e. The minimum atomic E-state index is -0.242. The van der Waals surface area contributed by atoms with Gasteiger partial charge in [-0.15, -0.1) is 0 Å². The van der Waals surface area contributed by atoms with Crippen LogP contribution in [0.5, 0.6) is 0 Å². The van der Waals surface area contributed by atoms with Gasteiger partial charge in [0.25, 0.3) is 0 Å². The van der Waals surface area contributed by atoms with Gasteiger partial charge in [0.05, 0.1) is 5.69 Å². The molecule has 0 aliphatic heterocycles. The fourth-order valence-electron chi connectivity index (χ4n) is 1.37. The van der Waals surface area contributed by atoms with Gasteiger partial charge in [-0.25, -0.2) is 4.79 Å². The molecule has 0 aliphatic carbocycles. The Kier molecular flexibility index (Phi) is 4.26. The van der Waals surface area contributed by atoms with Crippen molar-refractivity contribution in [3.63, 3.8) is 0 Å². The summed E-state index contributed by atoms with van der Waals surface area (Å²) >= 11 is 0. The van der Waals surface area contributed by atoms with Crippen molar-refractivity contribution in [2.75, 3.05) is 19.4 Å². The molecule has 0 saturated carbocycles. The lowest BCUT2D eigenvalue weighted by atomic mass is 10.0. The molecule has 0 saturated heterocycles. The van der Waals surface area contributed by atoms with Crippen molar-refractivity contribution in [2.24, 2.45) is 0 Å². The maximum absolute atomic E-state index is 11.6. The van der Waals surface area contributed by atoms with Crippen LogP contribution in [0.15, 0.2) is 18.2 Å². The molecule has 4 heteroatoms. The van der Waals surface area contributed by atoms with Crippen LogP contribution in [-0.4, -0.2) is 31.3 Å². The van der Waals surface area contributed by atoms with E-state index in [1.165, 1.54) is 4.90 Å². The topological polar surface area (TPSA) is 49.4 Å². The third-order valence-corrected chi connectivity index (χ3v) is 2.52. The average Bonchev–Trinajstić information content (AvgIpc) is 2.28.